The fourth-order valence-electron chi connectivity index (χ4n) is 2.70. The largest absolute Gasteiger partial charge is 0.347 e. The summed E-state index contributed by atoms with van der Waals surface area (Å²) >= 11 is 0. The minimum atomic E-state index is -0.325. The summed E-state index contributed by atoms with van der Waals surface area (Å²) in [6, 6.07) is 1.90. The summed E-state index contributed by atoms with van der Waals surface area (Å²) < 4.78 is 0. The number of aryl methyl sites for hydroxylation is 1. The lowest BCUT2D eigenvalue weighted by atomic mass is 10.1. The van der Waals surface area contributed by atoms with Gasteiger partial charge in [0.25, 0.3) is 0 Å². The fraction of sp³-hybridized carbons (Fsp3) is 0.643. The second-order valence-corrected chi connectivity index (χ2v) is 5.31. The normalized spacial score (nSPS) is 18.8. The molecule has 0 saturated carbocycles. The molecular formula is C14H22N4O2. The Morgan fingerprint density at radius 1 is 1.60 bits per heavy atom. The molecule has 0 aromatic carbocycles. The van der Waals surface area contributed by atoms with Gasteiger partial charge in [0.05, 0.1) is 4.92 Å². The molecule has 0 aliphatic carbocycles. The number of pyridine rings is 1. The Hall–Kier alpha value is -1.69. The van der Waals surface area contributed by atoms with Gasteiger partial charge in [-0.25, -0.2) is 4.98 Å². The van der Waals surface area contributed by atoms with Crippen molar-refractivity contribution in [3.63, 3.8) is 0 Å². The summed E-state index contributed by atoms with van der Waals surface area (Å²) in [5.41, 5.74) is 0.933. The third kappa shape index (κ3) is 3.25. The summed E-state index contributed by atoms with van der Waals surface area (Å²) in [4.78, 5) is 17.4. The van der Waals surface area contributed by atoms with E-state index in [9.17, 15) is 10.1 Å². The van der Waals surface area contributed by atoms with E-state index >= 15 is 0 Å². The molecule has 1 aromatic rings. The fourth-order valence-corrected chi connectivity index (χ4v) is 2.70. The van der Waals surface area contributed by atoms with Crippen LogP contribution in [-0.2, 0) is 0 Å². The second-order valence-electron chi connectivity index (χ2n) is 5.31. The van der Waals surface area contributed by atoms with Gasteiger partial charge >= 0.3 is 5.69 Å². The highest BCUT2D eigenvalue weighted by Crippen LogP contribution is 2.29. The number of aromatic nitrogens is 1. The standard InChI is InChI=1S/C14H22N4O2/c1-3-7-17(12-5-4-6-15-10-12)14-13(18(19)20)8-11(2)9-16-14/h8-9,12,15H,3-7,10H2,1-2H3. The van der Waals surface area contributed by atoms with Crippen molar-refractivity contribution in [1.82, 2.24) is 10.3 Å². The Morgan fingerprint density at radius 3 is 3.00 bits per heavy atom. The third-order valence-electron chi connectivity index (χ3n) is 3.63. The van der Waals surface area contributed by atoms with Gasteiger partial charge in [-0.3, -0.25) is 10.1 Å². The topological polar surface area (TPSA) is 71.3 Å². The van der Waals surface area contributed by atoms with E-state index in [1.165, 1.54) is 0 Å². The van der Waals surface area contributed by atoms with Crippen LogP contribution in [0.5, 0.6) is 0 Å². The molecule has 20 heavy (non-hydrogen) atoms. The van der Waals surface area contributed by atoms with Crippen molar-refractivity contribution in [2.45, 2.75) is 39.2 Å². The van der Waals surface area contributed by atoms with Gasteiger partial charge in [-0.15, -0.1) is 0 Å². The van der Waals surface area contributed by atoms with Crippen molar-refractivity contribution in [2.24, 2.45) is 0 Å². The van der Waals surface area contributed by atoms with Crippen LogP contribution in [0.25, 0.3) is 0 Å². The number of nitrogens with zero attached hydrogens (tertiary/aromatic N) is 3. The Balaban J connectivity index is 2.35. The molecule has 6 nitrogen and oxygen atoms in total. The number of nitro groups is 1. The van der Waals surface area contributed by atoms with Crippen molar-refractivity contribution in [2.75, 3.05) is 24.5 Å². The van der Waals surface area contributed by atoms with Crippen molar-refractivity contribution >= 4 is 11.5 Å². The number of piperidine rings is 1. The average Bonchev–Trinajstić information content (AvgIpc) is 2.46. The molecule has 6 heteroatoms. The summed E-state index contributed by atoms with van der Waals surface area (Å²) in [5.74, 6) is 0.510. The molecule has 1 aliphatic rings. The van der Waals surface area contributed by atoms with E-state index in [1.54, 1.807) is 12.3 Å². The van der Waals surface area contributed by atoms with E-state index in [-0.39, 0.29) is 16.7 Å². The Morgan fingerprint density at radius 2 is 2.40 bits per heavy atom. The molecule has 0 spiro atoms. The molecule has 2 rings (SSSR count). The molecule has 0 amide bonds. The molecule has 0 bridgehead atoms. The molecule has 1 aliphatic heterocycles. The lowest BCUT2D eigenvalue weighted by Crippen LogP contribution is -2.47. The van der Waals surface area contributed by atoms with Gasteiger partial charge in [0, 0.05) is 31.4 Å². The maximum absolute atomic E-state index is 11.3. The van der Waals surface area contributed by atoms with Gasteiger partial charge in [-0.05, 0) is 38.3 Å². The monoisotopic (exact) mass is 278 g/mol. The van der Waals surface area contributed by atoms with Gasteiger partial charge in [-0.1, -0.05) is 6.92 Å². The molecule has 1 aromatic heterocycles. The average molecular weight is 278 g/mol. The summed E-state index contributed by atoms with van der Waals surface area (Å²) in [6.07, 6.45) is 4.81. The summed E-state index contributed by atoms with van der Waals surface area (Å²) in [5, 5.41) is 14.7. The maximum Gasteiger partial charge on any atom is 0.311 e. The van der Waals surface area contributed by atoms with E-state index in [1.807, 2.05) is 6.92 Å². The number of nitrogens with one attached hydrogen (secondary N) is 1. The lowest BCUT2D eigenvalue weighted by molar-refractivity contribution is -0.384. The van der Waals surface area contributed by atoms with Gasteiger partial charge < -0.3 is 10.2 Å². The van der Waals surface area contributed by atoms with E-state index in [0.717, 1.165) is 44.5 Å². The zero-order valence-corrected chi connectivity index (χ0v) is 12.1. The first-order valence-corrected chi connectivity index (χ1v) is 7.22. The Kier molecular flexibility index (Phi) is 4.89. The predicted octanol–water partition coefficient (Wildman–Crippen LogP) is 2.27. The van der Waals surface area contributed by atoms with E-state index in [0.29, 0.717) is 5.82 Å². The van der Waals surface area contributed by atoms with Crippen LogP contribution >= 0.6 is 0 Å². The van der Waals surface area contributed by atoms with Crippen molar-refractivity contribution < 1.29 is 4.92 Å². The van der Waals surface area contributed by atoms with Gasteiger partial charge in [-0.2, -0.15) is 0 Å². The number of anilines is 1. The van der Waals surface area contributed by atoms with E-state index in [2.05, 4.69) is 22.1 Å². The molecular weight excluding hydrogens is 256 g/mol. The molecule has 110 valence electrons. The number of hydrogen-bond donors (Lipinski definition) is 1. The Labute approximate surface area is 119 Å². The molecule has 1 saturated heterocycles. The highest BCUT2D eigenvalue weighted by molar-refractivity contribution is 5.59. The van der Waals surface area contributed by atoms with Crippen LogP contribution in [0.1, 0.15) is 31.7 Å². The first-order chi connectivity index (χ1) is 9.63. The van der Waals surface area contributed by atoms with Crippen LogP contribution in [0.4, 0.5) is 11.5 Å². The molecule has 1 N–H and O–H groups in total. The van der Waals surface area contributed by atoms with Crippen LogP contribution < -0.4 is 10.2 Å². The summed E-state index contributed by atoms with van der Waals surface area (Å²) in [6.45, 7) is 6.61. The smallest absolute Gasteiger partial charge is 0.311 e. The third-order valence-corrected chi connectivity index (χ3v) is 3.63. The van der Waals surface area contributed by atoms with Crippen LogP contribution in [0.3, 0.4) is 0 Å². The van der Waals surface area contributed by atoms with Crippen LogP contribution in [0.2, 0.25) is 0 Å². The molecule has 2 heterocycles. The zero-order valence-electron chi connectivity index (χ0n) is 12.1. The second kappa shape index (κ2) is 6.65. The van der Waals surface area contributed by atoms with Crippen molar-refractivity contribution in [1.29, 1.82) is 0 Å². The quantitative estimate of drug-likeness (QED) is 0.661. The SMILES string of the molecule is CCCN(c1ncc(C)cc1[N+](=O)[O-])C1CCCNC1. The highest BCUT2D eigenvalue weighted by atomic mass is 16.6. The van der Waals surface area contributed by atoms with Crippen LogP contribution in [-0.4, -0.2) is 35.6 Å². The van der Waals surface area contributed by atoms with Crippen LogP contribution in [0.15, 0.2) is 12.3 Å². The number of hydrogen-bond acceptors (Lipinski definition) is 5. The Bertz CT molecular complexity index is 472. The van der Waals surface area contributed by atoms with Gasteiger partial charge in [0.1, 0.15) is 0 Å². The van der Waals surface area contributed by atoms with Crippen molar-refractivity contribution in [3.05, 3.63) is 27.9 Å². The summed E-state index contributed by atoms with van der Waals surface area (Å²) in [7, 11) is 0. The van der Waals surface area contributed by atoms with E-state index < -0.39 is 0 Å². The zero-order chi connectivity index (χ0) is 14.5. The maximum atomic E-state index is 11.3. The first kappa shape index (κ1) is 14.7. The molecule has 1 fully saturated rings. The lowest BCUT2D eigenvalue weighted by Gasteiger charge is -2.35. The predicted molar refractivity (Wildman–Crippen MR) is 79.2 cm³/mol. The first-order valence-electron chi connectivity index (χ1n) is 7.22. The molecule has 1 atom stereocenters. The van der Waals surface area contributed by atoms with E-state index in [4.69, 9.17) is 0 Å². The minimum Gasteiger partial charge on any atom is -0.347 e. The minimum absolute atomic E-state index is 0.115. The van der Waals surface area contributed by atoms with Gasteiger partial charge in [0.2, 0.25) is 5.82 Å². The number of rotatable bonds is 5. The van der Waals surface area contributed by atoms with Crippen LogP contribution in [0, 0.1) is 17.0 Å². The molecule has 1 unspecified atom stereocenters. The van der Waals surface area contributed by atoms with Gasteiger partial charge in [0.15, 0.2) is 0 Å². The molecule has 0 radical (unpaired) electrons. The highest BCUT2D eigenvalue weighted by Gasteiger charge is 2.27. The van der Waals surface area contributed by atoms with Crippen molar-refractivity contribution in [3.8, 4) is 0 Å².